The second-order valence-corrected chi connectivity index (χ2v) is 6.36. The van der Waals surface area contributed by atoms with Gasteiger partial charge in [0.25, 0.3) is 6.01 Å². The van der Waals surface area contributed by atoms with Crippen LogP contribution in [-0.2, 0) is 6.54 Å². The molecule has 8 heteroatoms. The van der Waals surface area contributed by atoms with Gasteiger partial charge in [-0.3, -0.25) is 4.57 Å². The maximum atomic E-state index is 12.8. The van der Waals surface area contributed by atoms with Gasteiger partial charge >= 0.3 is 5.69 Å². The number of aromatic amines is 1. The number of nitrogens with one attached hydrogen (secondary N) is 1. The van der Waals surface area contributed by atoms with Crippen LogP contribution in [0.2, 0.25) is 0 Å². The third-order valence-corrected chi connectivity index (χ3v) is 4.68. The number of rotatable bonds is 4. The van der Waals surface area contributed by atoms with Crippen molar-refractivity contribution in [2.75, 3.05) is 0 Å². The van der Waals surface area contributed by atoms with Crippen LogP contribution in [0.4, 0.5) is 0 Å². The molecule has 5 aromatic rings. The van der Waals surface area contributed by atoms with Gasteiger partial charge in [-0.25, -0.2) is 14.3 Å². The lowest BCUT2D eigenvalue weighted by atomic mass is 10.3. The summed E-state index contributed by atoms with van der Waals surface area (Å²) in [7, 11) is 0. The van der Waals surface area contributed by atoms with E-state index >= 15 is 0 Å². The Hall–Kier alpha value is -3.58. The molecule has 0 spiro atoms. The minimum atomic E-state index is -0.109. The Morgan fingerprint density at radius 3 is 2.59 bits per heavy atom. The molecule has 0 aliphatic heterocycles. The molecule has 0 bridgehead atoms. The highest BCUT2D eigenvalue weighted by Crippen LogP contribution is 2.23. The van der Waals surface area contributed by atoms with E-state index < -0.39 is 0 Å². The van der Waals surface area contributed by atoms with E-state index in [9.17, 15) is 4.79 Å². The number of imidazole rings is 2. The van der Waals surface area contributed by atoms with Crippen molar-refractivity contribution >= 4 is 34.6 Å². The fraction of sp³-hybridized carbons (Fsp3) is 0.0952. The summed E-state index contributed by atoms with van der Waals surface area (Å²) in [6.07, 6.45) is 1.69. The number of aryl methyl sites for hydroxylation is 1. The fourth-order valence-electron chi connectivity index (χ4n) is 3.38. The Balaban J connectivity index is 0.00000205. The van der Waals surface area contributed by atoms with Crippen molar-refractivity contribution in [2.45, 2.75) is 13.5 Å². The van der Waals surface area contributed by atoms with Gasteiger partial charge in [0.15, 0.2) is 5.65 Å². The lowest BCUT2D eigenvalue weighted by Gasteiger charge is -2.05. The highest BCUT2D eigenvalue weighted by Gasteiger charge is 2.14. The number of hydrogen-bond acceptors (Lipinski definition) is 4. The number of H-pyrrole nitrogens is 1. The summed E-state index contributed by atoms with van der Waals surface area (Å²) in [5.74, 6) is 0.628. The van der Waals surface area contributed by atoms with Crippen molar-refractivity contribution in [1.82, 2.24) is 24.1 Å². The van der Waals surface area contributed by atoms with Gasteiger partial charge in [0.2, 0.25) is 0 Å². The Labute approximate surface area is 172 Å². The van der Waals surface area contributed by atoms with E-state index in [1.165, 1.54) is 0 Å². The van der Waals surface area contributed by atoms with Gasteiger partial charge in [-0.15, -0.1) is 12.4 Å². The number of halogens is 1. The number of ether oxygens (including phenoxy) is 1. The zero-order chi connectivity index (χ0) is 19.1. The van der Waals surface area contributed by atoms with Gasteiger partial charge in [0, 0.05) is 12.7 Å². The minimum Gasteiger partial charge on any atom is -0.426 e. The fourth-order valence-corrected chi connectivity index (χ4v) is 3.38. The Kier molecular flexibility index (Phi) is 4.82. The molecule has 0 fully saturated rings. The summed E-state index contributed by atoms with van der Waals surface area (Å²) in [5.41, 5.74) is 3.84. The molecule has 7 nitrogen and oxygen atoms in total. The van der Waals surface area contributed by atoms with E-state index in [4.69, 9.17) is 4.74 Å². The first-order valence-corrected chi connectivity index (χ1v) is 9.04. The summed E-state index contributed by atoms with van der Waals surface area (Å²) in [4.78, 5) is 24.8. The molecular formula is C21H18ClN5O2. The normalized spacial score (nSPS) is 10.9. The lowest BCUT2D eigenvalue weighted by molar-refractivity contribution is 0.449. The number of nitrogens with zero attached hydrogens (tertiary/aromatic N) is 4. The number of benzene rings is 2. The molecule has 1 N–H and O–H groups in total. The average Bonchev–Trinajstić information content (AvgIpc) is 3.25. The SMILES string of the molecule is CCn1c(=O)n(-c2ccc(Oc3nc4ccccc4[nH]3)cc2)c2ncccc21.Cl. The van der Waals surface area contributed by atoms with Crippen LogP contribution in [0.25, 0.3) is 27.9 Å². The third kappa shape index (κ3) is 3.15. The first-order chi connectivity index (χ1) is 13.7. The van der Waals surface area contributed by atoms with Crippen molar-refractivity contribution in [3.63, 3.8) is 0 Å². The first kappa shape index (κ1) is 18.8. The van der Waals surface area contributed by atoms with Crippen molar-refractivity contribution in [3.8, 4) is 17.4 Å². The quantitative estimate of drug-likeness (QED) is 0.482. The Morgan fingerprint density at radius 1 is 1.03 bits per heavy atom. The Bertz CT molecular complexity index is 1320. The molecule has 0 saturated heterocycles. The highest BCUT2D eigenvalue weighted by molar-refractivity contribution is 5.85. The van der Waals surface area contributed by atoms with Crippen molar-refractivity contribution < 1.29 is 4.74 Å². The van der Waals surface area contributed by atoms with Crippen LogP contribution in [0.1, 0.15) is 6.92 Å². The summed E-state index contributed by atoms with van der Waals surface area (Å²) in [5, 5.41) is 0. The predicted molar refractivity (Wildman–Crippen MR) is 114 cm³/mol. The van der Waals surface area contributed by atoms with E-state index in [0.29, 0.717) is 24.0 Å². The second kappa shape index (κ2) is 7.44. The molecule has 29 heavy (non-hydrogen) atoms. The Morgan fingerprint density at radius 2 is 1.83 bits per heavy atom. The average molecular weight is 408 g/mol. The second-order valence-electron chi connectivity index (χ2n) is 6.36. The van der Waals surface area contributed by atoms with Crippen molar-refractivity contribution in [3.05, 3.63) is 77.3 Å². The zero-order valence-electron chi connectivity index (χ0n) is 15.6. The van der Waals surface area contributed by atoms with Crippen molar-refractivity contribution in [2.24, 2.45) is 0 Å². The molecule has 0 radical (unpaired) electrons. The summed E-state index contributed by atoms with van der Waals surface area (Å²) >= 11 is 0. The van der Waals surface area contributed by atoms with Crippen LogP contribution < -0.4 is 10.4 Å². The van der Waals surface area contributed by atoms with Gasteiger partial charge in [0.1, 0.15) is 5.75 Å². The maximum absolute atomic E-state index is 12.8. The van der Waals surface area contributed by atoms with Gasteiger partial charge in [-0.2, -0.15) is 4.98 Å². The molecule has 0 aliphatic rings. The standard InChI is InChI=1S/C21H17N5O2.ClH/c1-2-25-18-8-5-13-22-19(18)26(21(25)27)14-9-11-15(12-10-14)28-20-23-16-6-3-4-7-17(16)24-20;/h3-13H,2H2,1H3,(H,23,24);1H. The largest absolute Gasteiger partial charge is 0.426 e. The van der Waals surface area contributed by atoms with Crippen LogP contribution in [0.15, 0.2) is 71.7 Å². The summed E-state index contributed by atoms with van der Waals surface area (Å²) in [6.45, 7) is 2.53. The van der Waals surface area contributed by atoms with Crippen LogP contribution in [0.5, 0.6) is 11.8 Å². The monoisotopic (exact) mass is 407 g/mol. The summed E-state index contributed by atoms with van der Waals surface area (Å²) in [6, 6.07) is 19.2. The summed E-state index contributed by atoms with van der Waals surface area (Å²) < 4.78 is 9.15. The molecule has 0 unspecified atom stereocenters. The molecule has 0 amide bonds. The molecule has 146 valence electrons. The van der Waals surface area contributed by atoms with Crippen LogP contribution in [0, 0.1) is 0 Å². The molecule has 5 rings (SSSR count). The molecule has 2 aromatic carbocycles. The van der Waals surface area contributed by atoms with E-state index in [0.717, 1.165) is 22.2 Å². The number of pyridine rings is 1. The predicted octanol–water partition coefficient (Wildman–Crippen LogP) is 4.30. The van der Waals surface area contributed by atoms with Gasteiger partial charge < -0.3 is 9.72 Å². The molecule has 0 saturated carbocycles. The highest BCUT2D eigenvalue weighted by atomic mass is 35.5. The minimum absolute atomic E-state index is 0. The molecule has 0 atom stereocenters. The number of para-hydroxylation sites is 2. The lowest BCUT2D eigenvalue weighted by Crippen LogP contribution is -2.22. The molecule has 0 aliphatic carbocycles. The van der Waals surface area contributed by atoms with Crippen LogP contribution in [-0.4, -0.2) is 24.1 Å². The van der Waals surface area contributed by atoms with Crippen LogP contribution >= 0.6 is 12.4 Å². The number of hydrogen-bond donors (Lipinski definition) is 1. The molecule has 3 heterocycles. The first-order valence-electron chi connectivity index (χ1n) is 9.04. The van der Waals surface area contributed by atoms with Crippen LogP contribution in [0.3, 0.4) is 0 Å². The van der Waals surface area contributed by atoms with E-state index in [-0.39, 0.29) is 18.1 Å². The molecule has 3 aromatic heterocycles. The molecular weight excluding hydrogens is 390 g/mol. The number of fused-ring (bicyclic) bond motifs is 2. The van der Waals surface area contributed by atoms with Gasteiger partial charge in [-0.1, -0.05) is 12.1 Å². The van der Waals surface area contributed by atoms with E-state index in [2.05, 4.69) is 15.0 Å². The maximum Gasteiger partial charge on any atom is 0.334 e. The third-order valence-electron chi connectivity index (χ3n) is 4.68. The van der Waals surface area contributed by atoms with E-state index in [1.54, 1.807) is 15.3 Å². The smallest absolute Gasteiger partial charge is 0.334 e. The topological polar surface area (TPSA) is 77.7 Å². The van der Waals surface area contributed by atoms with Crippen molar-refractivity contribution in [1.29, 1.82) is 0 Å². The number of aromatic nitrogens is 5. The van der Waals surface area contributed by atoms with Gasteiger partial charge in [-0.05, 0) is 55.5 Å². The van der Waals surface area contributed by atoms with E-state index in [1.807, 2.05) is 67.6 Å². The van der Waals surface area contributed by atoms with Gasteiger partial charge in [0.05, 0.1) is 22.2 Å². The zero-order valence-corrected chi connectivity index (χ0v) is 16.4.